The van der Waals surface area contributed by atoms with Crippen molar-refractivity contribution in [3.8, 4) is 5.75 Å². The Kier molecular flexibility index (Phi) is 6.98. The van der Waals surface area contributed by atoms with Gasteiger partial charge in [-0.2, -0.15) is 0 Å². The standard InChI is InChI=1S/C25H20Cl2N2O3S/c1-3-32-21-7-5-4-6-19(21)28-22-23(33-17-11-8-15(2)9-12-17)25(31)29(24(22)30)20-14-16(26)10-13-18(20)27/h4-14,28H,3H2,1-2H3. The van der Waals surface area contributed by atoms with E-state index in [-0.39, 0.29) is 21.3 Å². The molecule has 1 aliphatic heterocycles. The second kappa shape index (κ2) is 9.91. The Hall–Kier alpha value is -2.93. The molecule has 0 radical (unpaired) electrons. The largest absolute Gasteiger partial charge is 0.492 e. The Labute approximate surface area is 206 Å². The molecule has 1 N–H and O–H groups in total. The summed E-state index contributed by atoms with van der Waals surface area (Å²) in [4.78, 5) is 29.2. The average molecular weight is 499 g/mol. The second-order valence-electron chi connectivity index (χ2n) is 7.21. The molecule has 4 rings (SSSR count). The lowest BCUT2D eigenvalue weighted by Gasteiger charge is -2.17. The van der Waals surface area contributed by atoms with Crippen LogP contribution in [0.1, 0.15) is 12.5 Å². The zero-order chi connectivity index (χ0) is 23.5. The van der Waals surface area contributed by atoms with Gasteiger partial charge in [-0.3, -0.25) is 9.59 Å². The molecule has 1 aliphatic rings. The van der Waals surface area contributed by atoms with Crippen LogP contribution >= 0.6 is 35.0 Å². The van der Waals surface area contributed by atoms with Crippen LogP contribution in [0.4, 0.5) is 11.4 Å². The van der Waals surface area contributed by atoms with E-state index in [0.717, 1.165) is 15.4 Å². The van der Waals surface area contributed by atoms with Crippen LogP contribution in [-0.2, 0) is 9.59 Å². The predicted octanol–water partition coefficient (Wildman–Crippen LogP) is 6.69. The van der Waals surface area contributed by atoms with Crippen molar-refractivity contribution < 1.29 is 14.3 Å². The average Bonchev–Trinajstić information content (AvgIpc) is 3.02. The number of hydrogen-bond acceptors (Lipinski definition) is 5. The molecule has 5 nitrogen and oxygen atoms in total. The molecule has 168 valence electrons. The van der Waals surface area contributed by atoms with Crippen molar-refractivity contribution in [2.45, 2.75) is 18.7 Å². The lowest BCUT2D eigenvalue weighted by atomic mass is 10.2. The fourth-order valence-corrected chi connectivity index (χ4v) is 4.60. The van der Waals surface area contributed by atoms with Gasteiger partial charge in [0, 0.05) is 9.92 Å². The number of amides is 2. The Morgan fingerprint density at radius 1 is 0.970 bits per heavy atom. The predicted molar refractivity (Wildman–Crippen MR) is 134 cm³/mol. The van der Waals surface area contributed by atoms with Crippen LogP contribution in [0, 0.1) is 6.92 Å². The molecule has 0 saturated heterocycles. The van der Waals surface area contributed by atoms with Gasteiger partial charge in [0.2, 0.25) is 0 Å². The second-order valence-corrected chi connectivity index (χ2v) is 9.14. The van der Waals surface area contributed by atoms with E-state index >= 15 is 0 Å². The first-order chi connectivity index (χ1) is 15.9. The number of ether oxygens (including phenoxy) is 1. The van der Waals surface area contributed by atoms with Crippen LogP contribution < -0.4 is 15.0 Å². The number of nitrogens with zero attached hydrogens (tertiary/aromatic N) is 1. The summed E-state index contributed by atoms with van der Waals surface area (Å²) in [6.45, 7) is 4.32. The van der Waals surface area contributed by atoms with Gasteiger partial charge in [-0.15, -0.1) is 0 Å². The maximum absolute atomic E-state index is 13.5. The number of thioether (sulfide) groups is 1. The molecule has 0 bridgehead atoms. The minimum atomic E-state index is -0.523. The first kappa shape index (κ1) is 23.2. The van der Waals surface area contributed by atoms with Crippen molar-refractivity contribution >= 4 is 58.2 Å². The number of benzene rings is 3. The van der Waals surface area contributed by atoms with Crippen LogP contribution in [0.5, 0.6) is 5.75 Å². The maximum atomic E-state index is 13.5. The molecule has 0 fully saturated rings. The molecule has 0 spiro atoms. The Bertz CT molecular complexity index is 1260. The number of nitrogens with one attached hydrogen (secondary N) is 1. The van der Waals surface area contributed by atoms with Gasteiger partial charge in [-0.05, 0) is 56.3 Å². The highest BCUT2D eigenvalue weighted by Gasteiger charge is 2.41. The molecular weight excluding hydrogens is 479 g/mol. The number of anilines is 2. The number of rotatable bonds is 7. The van der Waals surface area contributed by atoms with Crippen molar-refractivity contribution in [1.29, 1.82) is 0 Å². The summed E-state index contributed by atoms with van der Waals surface area (Å²) in [7, 11) is 0. The minimum absolute atomic E-state index is 0.147. The third-order valence-corrected chi connectivity index (χ3v) is 6.52. The number of hydrogen-bond donors (Lipinski definition) is 1. The highest BCUT2D eigenvalue weighted by Crippen LogP contribution is 2.41. The molecule has 3 aromatic carbocycles. The Morgan fingerprint density at radius 2 is 1.70 bits per heavy atom. The fraction of sp³-hybridized carbons (Fsp3) is 0.120. The molecule has 0 saturated carbocycles. The topological polar surface area (TPSA) is 58.6 Å². The SMILES string of the molecule is CCOc1ccccc1NC1=C(Sc2ccc(C)cc2)C(=O)N(c2cc(Cl)ccc2Cl)C1=O. The number of carbonyl (C=O) groups is 2. The van der Waals surface area contributed by atoms with Gasteiger partial charge < -0.3 is 10.1 Å². The molecule has 0 unspecified atom stereocenters. The first-order valence-electron chi connectivity index (χ1n) is 10.2. The zero-order valence-corrected chi connectivity index (χ0v) is 20.2. The molecule has 1 heterocycles. The van der Waals surface area contributed by atoms with Gasteiger partial charge >= 0.3 is 0 Å². The van der Waals surface area contributed by atoms with Gasteiger partial charge in [-0.1, -0.05) is 64.8 Å². The van der Waals surface area contributed by atoms with Crippen LogP contribution in [0.3, 0.4) is 0 Å². The molecule has 0 atom stereocenters. The van der Waals surface area contributed by atoms with Gasteiger partial charge in [0.1, 0.15) is 16.4 Å². The van der Waals surface area contributed by atoms with E-state index < -0.39 is 11.8 Å². The number of carbonyl (C=O) groups excluding carboxylic acids is 2. The zero-order valence-electron chi connectivity index (χ0n) is 17.9. The summed E-state index contributed by atoms with van der Waals surface area (Å²) in [5.74, 6) is -0.428. The summed E-state index contributed by atoms with van der Waals surface area (Å²) in [6.07, 6.45) is 0. The summed E-state index contributed by atoms with van der Waals surface area (Å²) in [5.41, 5.74) is 2.06. The van der Waals surface area contributed by atoms with E-state index in [1.54, 1.807) is 24.3 Å². The third-order valence-electron chi connectivity index (χ3n) is 4.88. The number of halogens is 2. The van der Waals surface area contributed by atoms with E-state index in [1.165, 1.54) is 17.8 Å². The van der Waals surface area contributed by atoms with Crippen LogP contribution in [0.2, 0.25) is 10.0 Å². The molecule has 0 aromatic heterocycles. The van der Waals surface area contributed by atoms with Gasteiger partial charge in [0.25, 0.3) is 11.8 Å². The Balaban J connectivity index is 1.79. The Morgan fingerprint density at radius 3 is 2.42 bits per heavy atom. The monoisotopic (exact) mass is 498 g/mol. The van der Waals surface area contributed by atoms with Crippen molar-refractivity contribution in [2.75, 3.05) is 16.8 Å². The summed E-state index contributed by atoms with van der Waals surface area (Å²) < 4.78 is 5.68. The number of imide groups is 1. The van der Waals surface area contributed by atoms with Crippen molar-refractivity contribution in [3.63, 3.8) is 0 Å². The minimum Gasteiger partial charge on any atom is -0.492 e. The van der Waals surface area contributed by atoms with E-state index in [9.17, 15) is 9.59 Å². The number of aryl methyl sites for hydroxylation is 1. The highest BCUT2D eigenvalue weighted by atomic mass is 35.5. The molecule has 33 heavy (non-hydrogen) atoms. The lowest BCUT2D eigenvalue weighted by Crippen LogP contribution is -2.32. The lowest BCUT2D eigenvalue weighted by molar-refractivity contribution is -0.120. The molecule has 8 heteroatoms. The van der Waals surface area contributed by atoms with Gasteiger partial charge in [-0.25, -0.2) is 4.90 Å². The molecule has 0 aliphatic carbocycles. The van der Waals surface area contributed by atoms with Crippen molar-refractivity contribution in [3.05, 3.63) is 92.9 Å². The molecule has 2 amide bonds. The fourth-order valence-electron chi connectivity index (χ4n) is 3.30. The van der Waals surface area contributed by atoms with Crippen molar-refractivity contribution in [1.82, 2.24) is 0 Å². The van der Waals surface area contributed by atoms with E-state index in [4.69, 9.17) is 27.9 Å². The van der Waals surface area contributed by atoms with Gasteiger partial charge in [0.15, 0.2) is 0 Å². The van der Waals surface area contributed by atoms with Crippen LogP contribution in [-0.4, -0.2) is 18.4 Å². The number of para-hydroxylation sites is 2. The summed E-state index contributed by atoms with van der Waals surface area (Å²) in [5, 5.41) is 3.75. The first-order valence-corrected chi connectivity index (χ1v) is 11.8. The van der Waals surface area contributed by atoms with E-state index in [1.807, 2.05) is 50.2 Å². The third kappa shape index (κ3) is 4.88. The maximum Gasteiger partial charge on any atom is 0.283 e. The van der Waals surface area contributed by atoms with E-state index in [0.29, 0.717) is 23.1 Å². The van der Waals surface area contributed by atoms with Crippen LogP contribution in [0.25, 0.3) is 0 Å². The summed E-state index contributed by atoms with van der Waals surface area (Å²) in [6, 6.07) is 19.6. The van der Waals surface area contributed by atoms with Gasteiger partial charge in [0.05, 0.1) is 23.0 Å². The molecule has 3 aromatic rings. The summed E-state index contributed by atoms with van der Waals surface area (Å²) >= 11 is 13.7. The highest BCUT2D eigenvalue weighted by molar-refractivity contribution is 8.04. The smallest absolute Gasteiger partial charge is 0.283 e. The van der Waals surface area contributed by atoms with Crippen LogP contribution in [0.15, 0.2) is 82.2 Å². The van der Waals surface area contributed by atoms with E-state index in [2.05, 4.69) is 5.32 Å². The van der Waals surface area contributed by atoms with Crippen molar-refractivity contribution in [2.24, 2.45) is 0 Å². The normalized spacial score (nSPS) is 13.6. The molecular formula is C25H20Cl2N2O3S. The quantitative estimate of drug-likeness (QED) is 0.367.